The minimum Gasteiger partial charge on any atom is -0.491 e. The Morgan fingerprint density at radius 3 is 2.67 bits per heavy atom. The van der Waals surface area contributed by atoms with E-state index in [0.717, 1.165) is 27.7 Å². The van der Waals surface area contributed by atoms with E-state index in [1.165, 1.54) is 0 Å². The normalized spacial score (nSPS) is 17.8. The van der Waals surface area contributed by atoms with Crippen LogP contribution in [0.25, 0.3) is 10.9 Å². The van der Waals surface area contributed by atoms with Crippen molar-refractivity contribution >= 4 is 16.8 Å². The number of hydrogen-bond acceptors (Lipinski definition) is 4. The average Bonchev–Trinajstić information content (AvgIpc) is 2.79. The van der Waals surface area contributed by atoms with Crippen molar-refractivity contribution in [3.8, 4) is 5.75 Å². The third-order valence-electron chi connectivity index (χ3n) is 5.65. The molecule has 30 heavy (non-hydrogen) atoms. The molecule has 0 radical (unpaired) electrons. The van der Waals surface area contributed by atoms with E-state index in [4.69, 9.17) is 4.74 Å². The molecule has 5 nitrogen and oxygen atoms in total. The van der Waals surface area contributed by atoms with Crippen molar-refractivity contribution in [1.29, 1.82) is 0 Å². The van der Waals surface area contributed by atoms with E-state index in [1.54, 1.807) is 12.4 Å². The average molecular weight is 395 g/mol. The lowest BCUT2D eigenvalue weighted by atomic mass is 9.81. The first kappa shape index (κ1) is 18.3. The number of nitrogens with one attached hydrogen (secondary N) is 1. The van der Waals surface area contributed by atoms with Crippen LogP contribution in [0.5, 0.6) is 5.75 Å². The molecule has 1 aliphatic rings. The van der Waals surface area contributed by atoms with Gasteiger partial charge in [0.15, 0.2) is 0 Å². The van der Waals surface area contributed by atoms with Crippen LogP contribution in [0.2, 0.25) is 0 Å². The van der Waals surface area contributed by atoms with Gasteiger partial charge in [-0.2, -0.15) is 0 Å². The predicted molar refractivity (Wildman–Crippen MR) is 116 cm³/mol. The van der Waals surface area contributed by atoms with Crippen LogP contribution in [0.4, 0.5) is 0 Å². The van der Waals surface area contributed by atoms with Crippen molar-refractivity contribution in [2.24, 2.45) is 0 Å². The van der Waals surface area contributed by atoms with Crippen molar-refractivity contribution in [2.45, 2.75) is 18.9 Å². The summed E-state index contributed by atoms with van der Waals surface area (Å²) in [6.07, 6.45) is 4.09. The molecule has 0 spiro atoms. The van der Waals surface area contributed by atoms with Crippen molar-refractivity contribution in [3.05, 3.63) is 102 Å². The highest BCUT2D eigenvalue weighted by Gasteiger charge is 2.42. The number of carbonyl (C=O) groups excluding carboxylic acids is 1. The van der Waals surface area contributed by atoms with E-state index in [9.17, 15) is 4.79 Å². The lowest BCUT2D eigenvalue weighted by molar-refractivity contribution is 0.0884. The zero-order chi connectivity index (χ0) is 20.6. The number of fused-ring (bicyclic) bond motifs is 2. The molecule has 5 rings (SSSR count). The van der Waals surface area contributed by atoms with Crippen LogP contribution in [0, 0.1) is 6.92 Å². The lowest BCUT2D eigenvalue weighted by Crippen LogP contribution is -2.50. The molecule has 0 aliphatic carbocycles. The summed E-state index contributed by atoms with van der Waals surface area (Å²) in [5.74, 6) is 0.548. The molecular formula is C25H21N3O2. The van der Waals surface area contributed by atoms with Gasteiger partial charge in [0.1, 0.15) is 17.0 Å². The van der Waals surface area contributed by atoms with Gasteiger partial charge in [0.2, 0.25) is 0 Å². The first-order valence-electron chi connectivity index (χ1n) is 9.98. The lowest BCUT2D eigenvalue weighted by Gasteiger charge is -2.39. The molecule has 5 heteroatoms. The SMILES string of the molecule is Cc1ccc([C@@]2(NC(=O)c3ccc4ncccc4c3)CCOc3cccnc32)cc1. The van der Waals surface area contributed by atoms with Crippen LogP contribution in [0.3, 0.4) is 0 Å². The van der Waals surface area contributed by atoms with Crippen LogP contribution >= 0.6 is 0 Å². The molecule has 1 amide bonds. The van der Waals surface area contributed by atoms with Crippen LogP contribution in [0.15, 0.2) is 79.1 Å². The minimum atomic E-state index is -0.760. The van der Waals surface area contributed by atoms with Crippen LogP contribution < -0.4 is 10.1 Å². The van der Waals surface area contributed by atoms with Gasteiger partial charge in [0.25, 0.3) is 5.91 Å². The summed E-state index contributed by atoms with van der Waals surface area (Å²) >= 11 is 0. The molecular weight excluding hydrogens is 374 g/mol. The van der Waals surface area contributed by atoms with Gasteiger partial charge in [0.05, 0.1) is 12.1 Å². The number of nitrogens with zero attached hydrogens (tertiary/aromatic N) is 2. The van der Waals surface area contributed by atoms with E-state index in [2.05, 4.69) is 39.6 Å². The van der Waals surface area contributed by atoms with E-state index in [-0.39, 0.29) is 5.91 Å². The fourth-order valence-electron chi connectivity index (χ4n) is 4.06. The number of carbonyl (C=O) groups is 1. The molecule has 2 aromatic carbocycles. The van der Waals surface area contributed by atoms with Crippen LogP contribution in [-0.2, 0) is 5.54 Å². The number of amides is 1. The maximum atomic E-state index is 13.4. The highest BCUT2D eigenvalue weighted by atomic mass is 16.5. The number of pyridine rings is 2. The van der Waals surface area contributed by atoms with Gasteiger partial charge < -0.3 is 10.1 Å². The molecule has 3 heterocycles. The largest absolute Gasteiger partial charge is 0.491 e. The Bertz CT molecular complexity index is 1240. The van der Waals surface area contributed by atoms with Gasteiger partial charge in [-0.05, 0) is 48.9 Å². The second-order valence-corrected chi connectivity index (χ2v) is 7.58. The minimum absolute atomic E-state index is 0.153. The summed E-state index contributed by atoms with van der Waals surface area (Å²) in [5, 5.41) is 4.23. The summed E-state index contributed by atoms with van der Waals surface area (Å²) in [6, 6.07) is 21.4. The number of benzene rings is 2. The Balaban J connectivity index is 1.61. The summed E-state index contributed by atoms with van der Waals surface area (Å²) in [5.41, 5.74) is 3.58. The zero-order valence-corrected chi connectivity index (χ0v) is 16.6. The van der Waals surface area contributed by atoms with Gasteiger partial charge >= 0.3 is 0 Å². The van der Waals surface area contributed by atoms with Gasteiger partial charge in [-0.25, -0.2) is 0 Å². The van der Waals surface area contributed by atoms with Gasteiger partial charge in [0, 0.05) is 29.8 Å². The second kappa shape index (κ2) is 7.26. The maximum absolute atomic E-state index is 13.4. The van der Waals surface area contributed by atoms with Crippen LogP contribution in [-0.4, -0.2) is 22.5 Å². The molecule has 0 fully saturated rings. The highest BCUT2D eigenvalue weighted by Crippen LogP contribution is 2.40. The Hall–Kier alpha value is -3.73. The predicted octanol–water partition coefficient (Wildman–Crippen LogP) is 4.39. The van der Waals surface area contributed by atoms with Crippen molar-refractivity contribution in [1.82, 2.24) is 15.3 Å². The smallest absolute Gasteiger partial charge is 0.252 e. The highest BCUT2D eigenvalue weighted by molar-refractivity contribution is 5.98. The Morgan fingerprint density at radius 1 is 1.00 bits per heavy atom. The molecule has 1 atom stereocenters. The molecule has 2 aromatic heterocycles. The number of rotatable bonds is 3. The third kappa shape index (κ3) is 3.08. The summed E-state index contributed by atoms with van der Waals surface area (Å²) in [7, 11) is 0. The van der Waals surface area contributed by atoms with E-state index >= 15 is 0 Å². The monoisotopic (exact) mass is 395 g/mol. The standard InChI is InChI=1S/C25H21N3O2/c1-17-6-9-20(10-7-17)25(12-15-30-22-5-3-14-27-23(22)25)28-24(29)19-8-11-21-18(16-19)4-2-13-26-21/h2-11,13-14,16H,12,15H2,1H3,(H,28,29)/t25-/m0/s1. The van der Waals surface area contributed by atoms with Crippen molar-refractivity contribution in [2.75, 3.05) is 6.61 Å². The van der Waals surface area contributed by atoms with Crippen LogP contribution in [0.1, 0.15) is 33.6 Å². The van der Waals surface area contributed by atoms with Gasteiger partial charge in [-0.3, -0.25) is 14.8 Å². The summed E-state index contributed by atoms with van der Waals surface area (Å²) in [4.78, 5) is 22.4. The maximum Gasteiger partial charge on any atom is 0.252 e. The number of aryl methyl sites for hydroxylation is 1. The fraction of sp³-hybridized carbons (Fsp3) is 0.160. The zero-order valence-electron chi connectivity index (χ0n) is 16.6. The molecule has 1 aliphatic heterocycles. The first-order chi connectivity index (χ1) is 14.7. The second-order valence-electron chi connectivity index (χ2n) is 7.58. The Morgan fingerprint density at radius 2 is 1.80 bits per heavy atom. The molecule has 0 unspecified atom stereocenters. The quantitative estimate of drug-likeness (QED) is 0.559. The number of aromatic nitrogens is 2. The van der Waals surface area contributed by atoms with Crippen molar-refractivity contribution < 1.29 is 9.53 Å². The summed E-state index contributed by atoms with van der Waals surface area (Å²) in [6.45, 7) is 2.54. The third-order valence-corrected chi connectivity index (χ3v) is 5.65. The number of hydrogen-bond donors (Lipinski definition) is 1. The molecule has 0 saturated heterocycles. The first-order valence-corrected chi connectivity index (χ1v) is 9.98. The Labute approximate surface area is 174 Å². The molecule has 0 saturated carbocycles. The van der Waals surface area contributed by atoms with E-state index in [0.29, 0.717) is 24.3 Å². The molecule has 4 aromatic rings. The van der Waals surface area contributed by atoms with E-state index in [1.807, 2.05) is 49.4 Å². The molecule has 1 N–H and O–H groups in total. The van der Waals surface area contributed by atoms with Gasteiger partial charge in [-0.1, -0.05) is 35.9 Å². The molecule has 0 bridgehead atoms. The fourth-order valence-corrected chi connectivity index (χ4v) is 4.06. The van der Waals surface area contributed by atoms with E-state index < -0.39 is 5.54 Å². The summed E-state index contributed by atoms with van der Waals surface area (Å²) < 4.78 is 5.85. The number of ether oxygens (including phenoxy) is 1. The van der Waals surface area contributed by atoms with Gasteiger partial charge in [-0.15, -0.1) is 0 Å². The van der Waals surface area contributed by atoms with Crippen molar-refractivity contribution in [3.63, 3.8) is 0 Å². The molecule has 148 valence electrons. The topological polar surface area (TPSA) is 64.1 Å². The Kier molecular flexibility index (Phi) is 4.43.